The van der Waals surface area contributed by atoms with Crippen molar-refractivity contribution in [2.24, 2.45) is 23.7 Å². The molecule has 2 aliphatic rings. The Morgan fingerprint density at radius 3 is 1.22 bits per heavy atom. The number of hydrogen-bond donors (Lipinski definition) is 4. The Hall–Kier alpha value is -7.84. The second kappa shape index (κ2) is 16.8. The van der Waals surface area contributed by atoms with E-state index in [1.54, 1.807) is 0 Å². The summed E-state index contributed by atoms with van der Waals surface area (Å²) in [4.78, 5) is 55.1. The fourth-order valence-corrected chi connectivity index (χ4v) is 10.7. The predicted molar refractivity (Wildman–Crippen MR) is 250 cm³/mol. The van der Waals surface area contributed by atoms with Crippen LogP contribution in [0.3, 0.4) is 0 Å². The Labute approximate surface area is 370 Å². The van der Waals surface area contributed by atoms with Crippen LogP contribution in [0.25, 0.3) is 32.7 Å². The molecule has 0 unspecified atom stereocenters. The standard InChI is InChI=1S/C56H44N2O6/c59-53(57-43-26-14-23-34-15-10-12-24-41(34)43)50-47(37-20-8-3-9-21-37)52(56(63)64)48(50)38-29-27-33(28-30-38)40-31-39-22-11-13-25-42(39)44(32-40)58-54(60)49-45(35-16-4-1-5-17-35)51(55(61)62)46(49)36-18-6-2-7-19-36/h1-32,45-52H,(H,57,59)(H,58,60)(H,61,62)(H,63,64)/t45-,46-,47+,48+,49?,50+,51?,52+/m0/s1. The van der Waals surface area contributed by atoms with Crippen molar-refractivity contribution in [3.63, 3.8) is 0 Å². The van der Waals surface area contributed by atoms with Crippen molar-refractivity contribution in [2.75, 3.05) is 10.6 Å². The molecule has 0 heterocycles. The molecule has 10 rings (SSSR count). The molecule has 4 N–H and O–H groups in total. The van der Waals surface area contributed by atoms with Gasteiger partial charge in [0.15, 0.2) is 0 Å². The van der Waals surface area contributed by atoms with Gasteiger partial charge in [0.25, 0.3) is 0 Å². The van der Waals surface area contributed by atoms with Gasteiger partial charge in [-0.25, -0.2) is 0 Å². The van der Waals surface area contributed by atoms with Gasteiger partial charge in [0.2, 0.25) is 11.8 Å². The molecule has 2 fully saturated rings. The Kier molecular flexibility index (Phi) is 10.6. The van der Waals surface area contributed by atoms with Crippen molar-refractivity contribution in [1.82, 2.24) is 0 Å². The Bertz CT molecular complexity index is 2990. The van der Waals surface area contributed by atoms with E-state index in [0.717, 1.165) is 54.9 Å². The largest absolute Gasteiger partial charge is 0.481 e. The zero-order valence-corrected chi connectivity index (χ0v) is 34.6. The third-order valence-corrected chi connectivity index (χ3v) is 13.6. The number of anilines is 2. The molecule has 0 aromatic heterocycles. The first kappa shape index (κ1) is 40.2. The third kappa shape index (κ3) is 7.16. The third-order valence-electron chi connectivity index (χ3n) is 13.6. The number of rotatable bonds is 11. The van der Waals surface area contributed by atoms with Gasteiger partial charge in [-0.2, -0.15) is 0 Å². The van der Waals surface area contributed by atoms with Crippen molar-refractivity contribution < 1.29 is 29.4 Å². The van der Waals surface area contributed by atoms with Crippen LogP contribution in [0.4, 0.5) is 11.4 Å². The smallest absolute Gasteiger partial charge is 0.307 e. The van der Waals surface area contributed by atoms with Gasteiger partial charge in [-0.1, -0.05) is 176 Å². The second-order valence-corrected chi connectivity index (χ2v) is 17.0. The number of nitrogens with one attached hydrogen (secondary N) is 2. The van der Waals surface area contributed by atoms with Gasteiger partial charge in [0.05, 0.1) is 23.7 Å². The van der Waals surface area contributed by atoms with Crippen LogP contribution < -0.4 is 10.6 Å². The number of amides is 2. The van der Waals surface area contributed by atoms with Crippen LogP contribution in [0.1, 0.15) is 45.9 Å². The number of carbonyl (C=O) groups is 4. The molecule has 0 bridgehead atoms. The summed E-state index contributed by atoms with van der Waals surface area (Å²) in [6.45, 7) is 0. The molecule has 6 atom stereocenters. The van der Waals surface area contributed by atoms with Gasteiger partial charge in [0.1, 0.15) is 0 Å². The molecular formula is C56H44N2O6. The highest BCUT2D eigenvalue weighted by molar-refractivity contribution is 6.07. The summed E-state index contributed by atoms with van der Waals surface area (Å²) in [5.41, 5.74) is 6.10. The zero-order valence-electron chi connectivity index (χ0n) is 34.6. The molecule has 2 amide bonds. The lowest BCUT2D eigenvalue weighted by molar-refractivity contribution is -0.153. The minimum absolute atomic E-state index is 0.239. The molecule has 8 aromatic carbocycles. The van der Waals surface area contributed by atoms with E-state index in [2.05, 4.69) is 16.7 Å². The molecular weight excluding hydrogens is 797 g/mol. The van der Waals surface area contributed by atoms with E-state index in [-0.39, 0.29) is 11.8 Å². The van der Waals surface area contributed by atoms with Gasteiger partial charge in [-0.05, 0) is 62.4 Å². The lowest BCUT2D eigenvalue weighted by Crippen LogP contribution is -2.52. The van der Waals surface area contributed by atoms with Gasteiger partial charge in [-0.3, -0.25) is 19.2 Å². The normalized spacial score (nSPS) is 22.4. The van der Waals surface area contributed by atoms with Gasteiger partial charge in [-0.15, -0.1) is 0 Å². The summed E-state index contributed by atoms with van der Waals surface area (Å²) >= 11 is 0. The number of carboxylic acid groups (broad SMARTS) is 2. The molecule has 0 spiro atoms. The number of carbonyl (C=O) groups excluding carboxylic acids is 2. The molecule has 8 heteroatoms. The number of benzene rings is 8. The van der Waals surface area contributed by atoms with Gasteiger partial charge in [0, 0.05) is 45.8 Å². The average Bonchev–Trinajstić information content (AvgIpc) is 3.29. The maximum absolute atomic E-state index is 14.7. The van der Waals surface area contributed by atoms with Crippen LogP contribution in [0, 0.1) is 23.7 Å². The maximum atomic E-state index is 14.7. The van der Waals surface area contributed by atoms with Crippen molar-refractivity contribution in [3.05, 3.63) is 216 Å². The highest BCUT2D eigenvalue weighted by Crippen LogP contribution is 2.59. The molecule has 0 aliphatic heterocycles. The molecule has 0 radical (unpaired) electrons. The first-order valence-corrected chi connectivity index (χ1v) is 21.6. The highest BCUT2D eigenvalue weighted by atomic mass is 16.4. The van der Waals surface area contributed by atoms with E-state index in [9.17, 15) is 29.4 Å². The van der Waals surface area contributed by atoms with Crippen molar-refractivity contribution in [3.8, 4) is 11.1 Å². The molecule has 8 nitrogen and oxygen atoms in total. The highest BCUT2D eigenvalue weighted by Gasteiger charge is 2.59. The van der Waals surface area contributed by atoms with E-state index < -0.39 is 59.3 Å². The summed E-state index contributed by atoms with van der Waals surface area (Å²) < 4.78 is 0. The summed E-state index contributed by atoms with van der Waals surface area (Å²) in [6, 6.07) is 61.4. The second-order valence-electron chi connectivity index (χ2n) is 17.0. The summed E-state index contributed by atoms with van der Waals surface area (Å²) in [5, 5.41) is 31.3. The fourth-order valence-electron chi connectivity index (χ4n) is 10.7. The van der Waals surface area contributed by atoms with Crippen molar-refractivity contribution in [1.29, 1.82) is 0 Å². The van der Waals surface area contributed by atoms with Crippen LogP contribution in [0.5, 0.6) is 0 Å². The van der Waals surface area contributed by atoms with Crippen LogP contribution >= 0.6 is 0 Å². The van der Waals surface area contributed by atoms with Gasteiger partial charge < -0.3 is 20.8 Å². The lowest BCUT2D eigenvalue weighted by Gasteiger charge is -2.49. The number of fused-ring (bicyclic) bond motifs is 2. The molecule has 314 valence electrons. The van der Waals surface area contributed by atoms with Crippen LogP contribution in [-0.2, 0) is 19.2 Å². The van der Waals surface area contributed by atoms with E-state index in [1.165, 1.54) is 0 Å². The number of hydrogen-bond acceptors (Lipinski definition) is 4. The Morgan fingerprint density at radius 2 is 0.734 bits per heavy atom. The Balaban J connectivity index is 0.984. The topological polar surface area (TPSA) is 133 Å². The predicted octanol–water partition coefficient (Wildman–Crippen LogP) is 11.3. The van der Waals surface area contributed by atoms with E-state index in [1.807, 2.05) is 188 Å². The molecule has 2 saturated carbocycles. The minimum atomic E-state index is -0.961. The maximum Gasteiger partial charge on any atom is 0.307 e. The monoisotopic (exact) mass is 840 g/mol. The minimum Gasteiger partial charge on any atom is -0.481 e. The average molecular weight is 841 g/mol. The van der Waals surface area contributed by atoms with E-state index >= 15 is 0 Å². The zero-order chi connectivity index (χ0) is 43.9. The fraction of sp³-hybridized carbons (Fsp3) is 0.143. The first-order chi connectivity index (χ1) is 31.3. The van der Waals surface area contributed by atoms with E-state index in [0.29, 0.717) is 11.4 Å². The lowest BCUT2D eigenvalue weighted by atomic mass is 9.52. The number of carboxylic acids is 2. The summed E-state index contributed by atoms with van der Waals surface area (Å²) in [6.07, 6.45) is 0. The summed E-state index contributed by atoms with van der Waals surface area (Å²) in [7, 11) is 0. The Morgan fingerprint density at radius 1 is 0.344 bits per heavy atom. The van der Waals surface area contributed by atoms with Crippen molar-refractivity contribution >= 4 is 56.7 Å². The van der Waals surface area contributed by atoms with Crippen LogP contribution in [0.15, 0.2) is 194 Å². The molecule has 2 aliphatic carbocycles. The van der Waals surface area contributed by atoms with Crippen LogP contribution in [0.2, 0.25) is 0 Å². The molecule has 64 heavy (non-hydrogen) atoms. The van der Waals surface area contributed by atoms with Crippen molar-refractivity contribution in [2.45, 2.75) is 23.7 Å². The van der Waals surface area contributed by atoms with Crippen LogP contribution in [-0.4, -0.2) is 34.0 Å². The molecule has 8 aromatic rings. The first-order valence-electron chi connectivity index (χ1n) is 21.6. The summed E-state index contributed by atoms with van der Waals surface area (Å²) in [5.74, 6) is -7.57. The van der Waals surface area contributed by atoms with Gasteiger partial charge >= 0.3 is 11.9 Å². The molecule has 0 saturated heterocycles. The van der Waals surface area contributed by atoms with E-state index in [4.69, 9.17) is 0 Å². The number of aliphatic carboxylic acids is 2. The quantitative estimate of drug-likeness (QED) is 0.102. The SMILES string of the molecule is O=C(O)C1[C@@H](c2ccccc2)C(C(=O)Nc2cc(-c3ccc([C@H]4[C@H](C(=O)O)[C@H](c5ccccc5)[C@H]4C(=O)Nc4cccc5ccccc45)cc3)cc3ccccc23)[C@@H]1c1ccccc1.